The zero-order chi connectivity index (χ0) is 13.6. The van der Waals surface area contributed by atoms with Gasteiger partial charge in [-0.3, -0.25) is 4.79 Å². The van der Waals surface area contributed by atoms with E-state index in [1.165, 1.54) is 0 Å². The molecule has 1 aromatic rings. The van der Waals surface area contributed by atoms with Crippen molar-refractivity contribution in [3.63, 3.8) is 0 Å². The Balaban J connectivity index is 2.60. The molecule has 3 heteroatoms. The molecule has 0 saturated heterocycles. The van der Waals surface area contributed by atoms with Crippen LogP contribution in [-0.2, 0) is 0 Å². The number of hydrogen-bond donors (Lipinski definition) is 1. The van der Waals surface area contributed by atoms with E-state index < -0.39 is 0 Å². The lowest BCUT2D eigenvalue weighted by molar-refractivity contribution is 0.0961. The molecule has 1 aromatic carbocycles. The fourth-order valence-electron chi connectivity index (χ4n) is 1.91. The second-order valence-electron chi connectivity index (χ2n) is 5.36. The van der Waals surface area contributed by atoms with Crippen molar-refractivity contribution in [3.8, 4) is 5.75 Å². The van der Waals surface area contributed by atoms with Crippen molar-refractivity contribution in [2.24, 2.45) is 11.1 Å². The SMILES string of the molecule is COc1cccc(C(=O)CCC(C)(C)CCN)c1. The zero-order valence-electron chi connectivity index (χ0n) is 11.5. The molecule has 0 amide bonds. The lowest BCUT2D eigenvalue weighted by atomic mass is 9.83. The summed E-state index contributed by atoms with van der Waals surface area (Å²) in [5.41, 5.74) is 6.42. The summed E-state index contributed by atoms with van der Waals surface area (Å²) in [6, 6.07) is 7.31. The molecule has 2 N–H and O–H groups in total. The van der Waals surface area contributed by atoms with Gasteiger partial charge in [0.1, 0.15) is 5.75 Å². The number of nitrogens with two attached hydrogens (primary N) is 1. The first-order valence-corrected chi connectivity index (χ1v) is 6.36. The zero-order valence-corrected chi connectivity index (χ0v) is 11.5. The van der Waals surface area contributed by atoms with E-state index >= 15 is 0 Å². The predicted molar refractivity (Wildman–Crippen MR) is 74.0 cm³/mol. The highest BCUT2D eigenvalue weighted by Gasteiger charge is 2.18. The van der Waals surface area contributed by atoms with Crippen molar-refractivity contribution >= 4 is 5.78 Å². The Labute approximate surface area is 109 Å². The second-order valence-corrected chi connectivity index (χ2v) is 5.36. The summed E-state index contributed by atoms with van der Waals surface area (Å²) >= 11 is 0. The van der Waals surface area contributed by atoms with E-state index in [-0.39, 0.29) is 11.2 Å². The van der Waals surface area contributed by atoms with E-state index in [0.29, 0.717) is 13.0 Å². The first kappa shape index (κ1) is 14.7. The van der Waals surface area contributed by atoms with Crippen molar-refractivity contribution in [3.05, 3.63) is 29.8 Å². The van der Waals surface area contributed by atoms with Crippen LogP contribution < -0.4 is 10.5 Å². The molecule has 100 valence electrons. The predicted octanol–water partition coefficient (Wildman–Crippen LogP) is 3.03. The number of ketones is 1. The molecule has 0 aliphatic rings. The minimum absolute atomic E-state index is 0.128. The van der Waals surface area contributed by atoms with Crippen molar-refractivity contribution in [2.45, 2.75) is 33.1 Å². The monoisotopic (exact) mass is 249 g/mol. The Morgan fingerprint density at radius 2 is 2.06 bits per heavy atom. The highest BCUT2D eigenvalue weighted by atomic mass is 16.5. The van der Waals surface area contributed by atoms with E-state index in [1.54, 1.807) is 13.2 Å². The molecule has 3 nitrogen and oxygen atoms in total. The van der Waals surface area contributed by atoms with E-state index in [9.17, 15) is 4.79 Å². The number of hydrogen-bond acceptors (Lipinski definition) is 3. The number of carbonyl (C=O) groups excluding carboxylic acids is 1. The summed E-state index contributed by atoms with van der Waals surface area (Å²) in [7, 11) is 1.61. The molecule has 0 radical (unpaired) electrons. The average Bonchev–Trinajstić information content (AvgIpc) is 2.36. The maximum atomic E-state index is 12.1. The van der Waals surface area contributed by atoms with Crippen LogP contribution in [0, 0.1) is 5.41 Å². The van der Waals surface area contributed by atoms with Gasteiger partial charge in [0.25, 0.3) is 0 Å². The summed E-state index contributed by atoms with van der Waals surface area (Å²) in [4.78, 5) is 12.1. The lowest BCUT2D eigenvalue weighted by Gasteiger charge is -2.23. The third-order valence-corrected chi connectivity index (χ3v) is 3.24. The van der Waals surface area contributed by atoms with Gasteiger partial charge in [-0.2, -0.15) is 0 Å². The molecule has 0 spiro atoms. The number of carbonyl (C=O) groups is 1. The number of Topliss-reactive ketones (excluding diaryl/α,β-unsaturated/α-hetero) is 1. The number of ether oxygens (including phenoxy) is 1. The van der Waals surface area contributed by atoms with Crippen molar-refractivity contribution in [1.29, 1.82) is 0 Å². The van der Waals surface area contributed by atoms with Crippen LogP contribution in [0.15, 0.2) is 24.3 Å². The van der Waals surface area contributed by atoms with Crippen LogP contribution in [0.4, 0.5) is 0 Å². The van der Waals surface area contributed by atoms with Crippen LogP contribution in [0.3, 0.4) is 0 Å². The average molecular weight is 249 g/mol. The molecule has 0 aliphatic carbocycles. The first-order chi connectivity index (χ1) is 8.48. The molecule has 1 rings (SSSR count). The fraction of sp³-hybridized carbons (Fsp3) is 0.533. The molecule has 0 atom stereocenters. The van der Waals surface area contributed by atoms with Crippen LogP contribution in [0.25, 0.3) is 0 Å². The van der Waals surface area contributed by atoms with Crippen LogP contribution in [0.1, 0.15) is 43.5 Å². The minimum atomic E-state index is 0.128. The molecule has 0 bridgehead atoms. The van der Waals surface area contributed by atoms with Crippen molar-refractivity contribution in [2.75, 3.05) is 13.7 Å². The van der Waals surface area contributed by atoms with Crippen molar-refractivity contribution < 1.29 is 9.53 Å². The summed E-state index contributed by atoms with van der Waals surface area (Å²) in [5, 5.41) is 0. The first-order valence-electron chi connectivity index (χ1n) is 6.36. The van der Waals surface area contributed by atoms with Gasteiger partial charge in [0.05, 0.1) is 7.11 Å². The molecule has 0 aliphatic heterocycles. The second kappa shape index (κ2) is 6.55. The van der Waals surface area contributed by atoms with Crippen LogP contribution in [0.2, 0.25) is 0 Å². The Bertz CT molecular complexity index is 399. The topological polar surface area (TPSA) is 52.3 Å². The highest BCUT2D eigenvalue weighted by Crippen LogP contribution is 2.27. The van der Waals surface area contributed by atoms with Crippen LogP contribution in [0.5, 0.6) is 5.75 Å². The number of benzene rings is 1. The van der Waals surface area contributed by atoms with Gasteiger partial charge in [-0.15, -0.1) is 0 Å². The maximum absolute atomic E-state index is 12.1. The third kappa shape index (κ3) is 4.49. The van der Waals surface area contributed by atoms with Gasteiger partial charge >= 0.3 is 0 Å². The third-order valence-electron chi connectivity index (χ3n) is 3.24. The van der Waals surface area contributed by atoms with E-state index in [0.717, 1.165) is 24.2 Å². The lowest BCUT2D eigenvalue weighted by Crippen LogP contribution is -2.18. The molecular weight excluding hydrogens is 226 g/mol. The largest absolute Gasteiger partial charge is 0.497 e. The summed E-state index contributed by atoms with van der Waals surface area (Å²) in [6.45, 7) is 4.97. The fourth-order valence-corrected chi connectivity index (χ4v) is 1.91. The molecule has 0 fully saturated rings. The maximum Gasteiger partial charge on any atom is 0.163 e. The van der Waals surface area contributed by atoms with E-state index in [1.807, 2.05) is 18.2 Å². The molecule has 0 unspecified atom stereocenters. The summed E-state index contributed by atoms with van der Waals surface area (Å²) in [5.74, 6) is 0.890. The van der Waals surface area contributed by atoms with Crippen molar-refractivity contribution in [1.82, 2.24) is 0 Å². The standard InChI is InChI=1S/C15H23NO2/c1-15(2,9-10-16)8-7-14(17)12-5-4-6-13(11-12)18-3/h4-6,11H,7-10,16H2,1-3H3. The molecule has 18 heavy (non-hydrogen) atoms. The van der Waals surface area contributed by atoms with Gasteiger partial charge < -0.3 is 10.5 Å². The van der Waals surface area contributed by atoms with Gasteiger partial charge in [0.15, 0.2) is 5.78 Å². The van der Waals surface area contributed by atoms with Crippen LogP contribution >= 0.6 is 0 Å². The van der Waals surface area contributed by atoms with E-state index in [4.69, 9.17) is 10.5 Å². The van der Waals surface area contributed by atoms with Gasteiger partial charge in [-0.25, -0.2) is 0 Å². The Morgan fingerprint density at radius 1 is 1.33 bits per heavy atom. The number of rotatable bonds is 7. The Morgan fingerprint density at radius 3 is 2.67 bits per heavy atom. The summed E-state index contributed by atoms with van der Waals surface area (Å²) < 4.78 is 5.12. The van der Waals surface area contributed by atoms with Gasteiger partial charge in [-0.1, -0.05) is 26.0 Å². The number of methoxy groups -OCH3 is 1. The van der Waals surface area contributed by atoms with Gasteiger partial charge in [0.2, 0.25) is 0 Å². The summed E-state index contributed by atoms with van der Waals surface area (Å²) in [6.07, 6.45) is 2.36. The Kier molecular flexibility index (Phi) is 5.35. The van der Waals surface area contributed by atoms with Gasteiger partial charge in [0, 0.05) is 12.0 Å². The highest BCUT2D eigenvalue weighted by molar-refractivity contribution is 5.96. The molecule has 0 saturated carbocycles. The van der Waals surface area contributed by atoms with Gasteiger partial charge in [-0.05, 0) is 36.9 Å². The normalized spacial score (nSPS) is 11.3. The molecular formula is C15H23NO2. The molecule has 0 aromatic heterocycles. The van der Waals surface area contributed by atoms with E-state index in [2.05, 4.69) is 13.8 Å². The quantitative estimate of drug-likeness (QED) is 0.756. The molecule has 0 heterocycles. The van der Waals surface area contributed by atoms with Crippen LogP contribution in [-0.4, -0.2) is 19.4 Å². The Hall–Kier alpha value is -1.35. The minimum Gasteiger partial charge on any atom is -0.497 e. The smallest absolute Gasteiger partial charge is 0.163 e.